The highest BCUT2D eigenvalue weighted by atomic mass is 16.5. The van der Waals surface area contributed by atoms with E-state index >= 15 is 0 Å². The zero-order valence-corrected chi connectivity index (χ0v) is 13.8. The Labute approximate surface area is 127 Å². The van der Waals surface area contributed by atoms with Crippen LogP contribution in [0.3, 0.4) is 0 Å². The van der Waals surface area contributed by atoms with E-state index in [1.807, 2.05) is 0 Å². The van der Waals surface area contributed by atoms with E-state index in [0.29, 0.717) is 29.2 Å². The van der Waals surface area contributed by atoms with E-state index in [1.54, 1.807) is 33.5 Å². The molecule has 0 radical (unpaired) electrons. The van der Waals surface area contributed by atoms with Gasteiger partial charge >= 0.3 is 0 Å². The van der Waals surface area contributed by atoms with E-state index in [2.05, 4.69) is 20.8 Å². The van der Waals surface area contributed by atoms with Gasteiger partial charge in [0, 0.05) is 6.04 Å². The molecule has 0 unspecified atom stereocenters. The standard InChI is InChI=1S/C16H27NO4/c1-16(2,3)14(17)9-11(18)10-7-12(19-4)15(21-6)13(8-10)20-5/h7-8,11,14,18H,9,17H2,1-6H3/t11-,14+/m0/s1. The topological polar surface area (TPSA) is 73.9 Å². The van der Waals surface area contributed by atoms with Gasteiger partial charge in [0.25, 0.3) is 0 Å². The molecule has 0 aromatic heterocycles. The van der Waals surface area contributed by atoms with Gasteiger partial charge in [0.1, 0.15) is 0 Å². The van der Waals surface area contributed by atoms with Crippen LogP contribution in [0.15, 0.2) is 12.1 Å². The second-order valence-electron chi connectivity index (χ2n) is 6.18. The van der Waals surface area contributed by atoms with Crippen molar-refractivity contribution in [1.82, 2.24) is 0 Å². The third kappa shape index (κ3) is 4.25. The van der Waals surface area contributed by atoms with E-state index < -0.39 is 6.10 Å². The molecular formula is C16H27NO4. The van der Waals surface area contributed by atoms with Crippen LogP contribution in [0, 0.1) is 5.41 Å². The highest BCUT2D eigenvalue weighted by Crippen LogP contribution is 2.40. The molecule has 1 rings (SSSR count). The van der Waals surface area contributed by atoms with Crippen molar-refractivity contribution in [1.29, 1.82) is 0 Å². The van der Waals surface area contributed by atoms with Crippen LogP contribution in [-0.4, -0.2) is 32.5 Å². The van der Waals surface area contributed by atoms with E-state index in [4.69, 9.17) is 19.9 Å². The molecule has 0 amide bonds. The van der Waals surface area contributed by atoms with Crippen molar-refractivity contribution < 1.29 is 19.3 Å². The van der Waals surface area contributed by atoms with Crippen LogP contribution in [0.25, 0.3) is 0 Å². The van der Waals surface area contributed by atoms with Crippen LogP contribution in [0.1, 0.15) is 38.9 Å². The Morgan fingerprint density at radius 1 is 1.05 bits per heavy atom. The second kappa shape index (κ2) is 7.00. The minimum Gasteiger partial charge on any atom is -0.493 e. The summed E-state index contributed by atoms with van der Waals surface area (Å²) in [5.74, 6) is 1.56. The van der Waals surface area contributed by atoms with Crippen LogP contribution in [0.4, 0.5) is 0 Å². The van der Waals surface area contributed by atoms with Crippen molar-refractivity contribution in [2.45, 2.75) is 39.3 Å². The van der Waals surface area contributed by atoms with Crippen LogP contribution < -0.4 is 19.9 Å². The molecular weight excluding hydrogens is 270 g/mol. The Kier molecular flexibility index (Phi) is 5.87. The molecule has 3 N–H and O–H groups in total. The number of nitrogens with two attached hydrogens (primary N) is 1. The Bertz CT molecular complexity index is 443. The van der Waals surface area contributed by atoms with Gasteiger partial charge in [-0.05, 0) is 29.5 Å². The average Bonchev–Trinajstić information content (AvgIpc) is 2.44. The maximum Gasteiger partial charge on any atom is 0.203 e. The van der Waals surface area contributed by atoms with Crippen LogP contribution >= 0.6 is 0 Å². The first-order chi connectivity index (χ1) is 9.74. The smallest absolute Gasteiger partial charge is 0.203 e. The summed E-state index contributed by atoms with van der Waals surface area (Å²) in [6.45, 7) is 6.17. The van der Waals surface area contributed by atoms with E-state index in [-0.39, 0.29) is 11.5 Å². The maximum absolute atomic E-state index is 10.4. The lowest BCUT2D eigenvalue weighted by atomic mass is 9.83. The largest absolute Gasteiger partial charge is 0.493 e. The molecule has 0 saturated carbocycles. The molecule has 0 bridgehead atoms. The molecule has 0 saturated heterocycles. The monoisotopic (exact) mass is 297 g/mol. The van der Waals surface area contributed by atoms with Crippen molar-refractivity contribution in [3.05, 3.63) is 17.7 Å². The highest BCUT2D eigenvalue weighted by Gasteiger charge is 2.25. The second-order valence-corrected chi connectivity index (χ2v) is 6.18. The van der Waals surface area contributed by atoms with Crippen LogP contribution in [0.5, 0.6) is 17.2 Å². The Morgan fingerprint density at radius 2 is 1.52 bits per heavy atom. The number of ether oxygens (including phenoxy) is 3. The van der Waals surface area contributed by atoms with Crippen molar-refractivity contribution in [2.75, 3.05) is 21.3 Å². The Morgan fingerprint density at radius 3 is 1.86 bits per heavy atom. The summed E-state index contributed by atoms with van der Waals surface area (Å²) in [4.78, 5) is 0. The molecule has 1 aromatic rings. The molecule has 0 aliphatic rings. The molecule has 120 valence electrons. The van der Waals surface area contributed by atoms with E-state index in [0.717, 1.165) is 0 Å². The van der Waals surface area contributed by atoms with Crippen molar-refractivity contribution in [2.24, 2.45) is 11.1 Å². The summed E-state index contributed by atoms with van der Waals surface area (Å²) < 4.78 is 15.9. The molecule has 21 heavy (non-hydrogen) atoms. The molecule has 0 fully saturated rings. The normalized spacial score (nSPS) is 14.5. The zero-order chi connectivity index (χ0) is 16.2. The van der Waals surface area contributed by atoms with Crippen molar-refractivity contribution in [3.8, 4) is 17.2 Å². The minimum absolute atomic E-state index is 0.0678. The predicted octanol–water partition coefficient (Wildman–Crippen LogP) is 2.51. The number of rotatable bonds is 6. The lowest BCUT2D eigenvalue weighted by Crippen LogP contribution is -2.36. The third-order valence-electron chi connectivity index (χ3n) is 3.66. The molecule has 0 aliphatic carbocycles. The molecule has 1 aromatic carbocycles. The quantitative estimate of drug-likeness (QED) is 0.844. The summed E-state index contributed by atoms with van der Waals surface area (Å²) in [6, 6.07) is 3.38. The van der Waals surface area contributed by atoms with Crippen LogP contribution in [-0.2, 0) is 0 Å². The van der Waals surface area contributed by atoms with Gasteiger partial charge in [-0.1, -0.05) is 20.8 Å². The summed E-state index contributed by atoms with van der Waals surface area (Å²) in [5.41, 5.74) is 6.77. The van der Waals surface area contributed by atoms with E-state index in [9.17, 15) is 5.11 Å². The lowest BCUT2D eigenvalue weighted by molar-refractivity contribution is 0.132. The van der Waals surface area contributed by atoms with Crippen molar-refractivity contribution in [3.63, 3.8) is 0 Å². The summed E-state index contributed by atoms with van der Waals surface area (Å²) >= 11 is 0. The lowest BCUT2D eigenvalue weighted by Gasteiger charge is -2.29. The number of aliphatic hydroxyl groups excluding tert-OH is 1. The minimum atomic E-state index is -0.687. The van der Waals surface area contributed by atoms with E-state index in [1.165, 1.54) is 0 Å². The first-order valence-electron chi connectivity index (χ1n) is 6.98. The fourth-order valence-corrected chi connectivity index (χ4v) is 2.02. The molecule has 5 nitrogen and oxygen atoms in total. The predicted molar refractivity (Wildman–Crippen MR) is 83.1 cm³/mol. The number of methoxy groups -OCH3 is 3. The Balaban J connectivity index is 3.07. The zero-order valence-electron chi connectivity index (χ0n) is 13.8. The summed E-state index contributed by atoms with van der Waals surface area (Å²) in [5, 5.41) is 10.4. The van der Waals surface area contributed by atoms with Crippen LogP contribution in [0.2, 0.25) is 0 Å². The number of benzene rings is 1. The van der Waals surface area contributed by atoms with Gasteiger partial charge in [-0.3, -0.25) is 0 Å². The number of hydrogen-bond acceptors (Lipinski definition) is 5. The molecule has 0 spiro atoms. The van der Waals surface area contributed by atoms with Gasteiger partial charge < -0.3 is 25.1 Å². The first-order valence-corrected chi connectivity index (χ1v) is 6.98. The molecule has 2 atom stereocenters. The SMILES string of the molecule is COc1cc([C@@H](O)C[C@@H](N)C(C)(C)C)cc(OC)c1OC. The summed E-state index contributed by atoms with van der Waals surface area (Å²) in [6.07, 6.45) is -0.227. The molecule has 0 aliphatic heterocycles. The van der Waals surface area contributed by atoms with Gasteiger partial charge in [-0.25, -0.2) is 0 Å². The first kappa shape index (κ1) is 17.6. The molecule has 0 heterocycles. The highest BCUT2D eigenvalue weighted by molar-refractivity contribution is 5.54. The maximum atomic E-state index is 10.4. The fraction of sp³-hybridized carbons (Fsp3) is 0.625. The number of hydrogen-bond donors (Lipinski definition) is 2. The van der Waals surface area contributed by atoms with Crippen molar-refractivity contribution >= 4 is 0 Å². The van der Waals surface area contributed by atoms with Gasteiger partial charge in [0.05, 0.1) is 27.4 Å². The van der Waals surface area contributed by atoms with Gasteiger partial charge in [-0.2, -0.15) is 0 Å². The fourth-order valence-electron chi connectivity index (χ4n) is 2.02. The van der Waals surface area contributed by atoms with Gasteiger partial charge in [0.15, 0.2) is 11.5 Å². The summed E-state index contributed by atoms with van der Waals surface area (Å²) in [7, 11) is 4.65. The van der Waals surface area contributed by atoms with Gasteiger partial charge in [0.2, 0.25) is 5.75 Å². The van der Waals surface area contributed by atoms with Gasteiger partial charge in [-0.15, -0.1) is 0 Å². The third-order valence-corrected chi connectivity index (χ3v) is 3.66. The average molecular weight is 297 g/mol. The number of aliphatic hydroxyl groups is 1. The molecule has 5 heteroatoms. The Hall–Kier alpha value is -1.46.